The Morgan fingerprint density at radius 3 is 2.06 bits per heavy atom. The molecule has 0 aromatic heterocycles. The van der Waals surface area contributed by atoms with Crippen LogP contribution in [0.25, 0.3) is 0 Å². The van der Waals surface area contributed by atoms with Crippen LogP contribution in [0.3, 0.4) is 0 Å². The van der Waals surface area contributed by atoms with E-state index in [1.165, 1.54) is 0 Å². The zero-order valence-corrected chi connectivity index (χ0v) is 19.9. The van der Waals surface area contributed by atoms with E-state index in [9.17, 15) is 9.59 Å². The zero-order chi connectivity index (χ0) is 26.3. The predicted molar refractivity (Wildman–Crippen MR) is 138 cm³/mol. The van der Waals surface area contributed by atoms with Crippen molar-refractivity contribution >= 4 is 29.8 Å². The monoisotopic (exact) mass is 490 g/mol. The summed E-state index contributed by atoms with van der Waals surface area (Å²) in [5, 5.41) is 20.2. The Balaban J connectivity index is 0.00000145. The topological polar surface area (TPSA) is 155 Å². The first-order valence-corrected chi connectivity index (χ1v) is 11.1. The van der Waals surface area contributed by atoms with Crippen LogP contribution in [0.5, 0.6) is 0 Å². The number of amidine groups is 1. The van der Waals surface area contributed by atoms with E-state index >= 15 is 0 Å². The van der Waals surface area contributed by atoms with Gasteiger partial charge in [0, 0.05) is 18.4 Å². The number of nitrogen functional groups attached to an aromatic ring is 1. The van der Waals surface area contributed by atoms with Gasteiger partial charge in [0.25, 0.3) is 6.47 Å². The van der Waals surface area contributed by atoms with Crippen molar-refractivity contribution in [1.82, 2.24) is 5.32 Å². The third-order valence-corrected chi connectivity index (χ3v) is 5.16. The number of methoxy groups -OCH3 is 1. The number of benzene rings is 3. The van der Waals surface area contributed by atoms with Gasteiger partial charge in [0.05, 0.1) is 12.6 Å². The molecular formula is C27H30N4O5. The highest BCUT2D eigenvalue weighted by Crippen LogP contribution is 2.20. The molecule has 1 unspecified atom stereocenters. The highest BCUT2D eigenvalue weighted by atomic mass is 16.5. The number of anilines is 1. The Morgan fingerprint density at radius 2 is 1.53 bits per heavy atom. The molecule has 3 rings (SSSR count). The van der Waals surface area contributed by atoms with E-state index in [1.807, 2.05) is 36.4 Å². The molecule has 0 radical (unpaired) electrons. The number of amides is 2. The molecule has 0 aliphatic rings. The van der Waals surface area contributed by atoms with Gasteiger partial charge in [-0.3, -0.25) is 19.8 Å². The molecule has 188 valence electrons. The van der Waals surface area contributed by atoms with Gasteiger partial charge in [-0.2, -0.15) is 0 Å². The molecule has 9 nitrogen and oxygen atoms in total. The fourth-order valence-electron chi connectivity index (χ4n) is 3.55. The van der Waals surface area contributed by atoms with E-state index in [0.717, 1.165) is 5.56 Å². The van der Waals surface area contributed by atoms with Crippen LogP contribution in [0, 0.1) is 5.41 Å². The van der Waals surface area contributed by atoms with Gasteiger partial charge in [-0.25, -0.2) is 0 Å². The molecule has 6 N–H and O–H groups in total. The Hall–Kier alpha value is -4.50. The Kier molecular flexibility index (Phi) is 11.3. The Bertz CT molecular complexity index is 1120. The lowest BCUT2D eigenvalue weighted by molar-refractivity contribution is -0.130. The summed E-state index contributed by atoms with van der Waals surface area (Å²) in [4.78, 5) is 34.9. The van der Waals surface area contributed by atoms with Crippen LogP contribution in [0.1, 0.15) is 22.6 Å². The van der Waals surface area contributed by atoms with Gasteiger partial charge in [0.15, 0.2) is 0 Å². The van der Waals surface area contributed by atoms with Gasteiger partial charge in [0.1, 0.15) is 11.8 Å². The predicted octanol–water partition coefficient (Wildman–Crippen LogP) is 2.77. The molecule has 3 aromatic rings. The van der Waals surface area contributed by atoms with Crippen LogP contribution in [-0.2, 0) is 25.5 Å². The van der Waals surface area contributed by atoms with Crippen molar-refractivity contribution in [1.29, 1.82) is 5.41 Å². The van der Waals surface area contributed by atoms with Crippen molar-refractivity contribution in [3.05, 3.63) is 102 Å². The molecule has 2 amide bonds. The van der Waals surface area contributed by atoms with Crippen LogP contribution in [0.15, 0.2) is 84.9 Å². The smallest absolute Gasteiger partial charge is 0.290 e. The number of hydrogen-bond acceptors (Lipinski definition) is 5. The van der Waals surface area contributed by atoms with E-state index in [1.54, 1.807) is 55.6 Å². The number of nitrogens with two attached hydrogens (primary N) is 1. The van der Waals surface area contributed by atoms with Gasteiger partial charge >= 0.3 is 0 Å². The number of carboxylic acid groups (broad SMARTS) is 1. The first kappa shape index (κ1) is 27.7. The van der Waals surface area contributed by atoms with Crippen LogP contribution in [0.4, 0.5) is 5.69 Å². The van der Waals surface area contributed by atoms with Crippen molar-refractivity contribution in [3.8, 4) is 0 Å². The maximum absolute atomic E-state index is 13.3. The minimum Gasteiger partial charge on any atom is -0.483 e. The van der Waals surface area contributed by atoms with E-state index < -0.39 is 17.7 Å². The van der Waals surface area contributed by atoms with E-state index in [2.05, 4.69) is 10.6 Å². The molecule has 0 spiro atoms. The number of ether oxygens (including phenoxy) is 1. The zero-order valence-electron chi connectivity index (χ0n) is 19.9. The first-order valence-electron chi connectivity index (χ1n) is 11.1. The number of carbonyl (C=O) groups excluding carboxylic acids is 2. The molecule has 0 heterocycles. The molecule has 3 aromatic carbocycles. The van der Waals surface area contributed by atoms with Crippen LogP contribution < -0.4 is 16.4 Å². The summed E-state index contributed by atoms with van der Waals surface area (Å²) in [7, 11) is 1.58. The second-order valence-corrected chi connectivity index (χ2v) is 7.78. The molecule has 0 aliphatic heterocycles. The van der Waals surface area contributed by atoms with Crippen LogP contribution in [-0.4, -0.2) is 49.0 Å². The minimum atomic E-state index is -1.05. The molecular weight excluding hydrogens is 460 g/mol. The summed E-state index contributed by atoms with van der Waals surface area (Å²) in [6, 6.07) is 25.0. The second kappa shape index (κ2) is 14.7. The summed E-state index contributed by atoms with van der Waals surface area (Å²) < 4.78 is 5.31. The standard InChI is InChI=1S/C26H28N4O3.CH2O2/c1-33-17-22(16-18-8-4-2-5-9-18)30-26(32)23(19-10-6-3-7-11-19)25(31)29-21-14-12-20(13-15-21)24(27)28;2-1-3/h2-15,22-23H,16-17H2,1H3,(H3,27,28)(H,29,31)(H,30,32);1H,(H,2,3)/t22-,23?;/m0./s1. The van der Waals surface area contributed by atoms with Crippen molar-refractivity contribution in [3.63, 3.8) is 0 Å². The molecule has 2 atom stereocenters. The number of rotatable bonds is 10. The minimum absolute atomic E-state index is 0.0583. The average molecular weight is 491 g/mol. The van der Waals surface area contributed by atoms with Gasteiger partial charge in [-0.15, -0.1) is 0 Å². The quantitative estimate of drug-likeness (QED) is 0.127. The van der Waals surface area contributed by atoms with Gasteiger partial charge < -0.3 is 26.2 Å². The maximum atomic E-state index is 13.3. The molecule has 0 bridgehead atoms. The van der Waals surface area contributed by atoms with E-state index in [4.69, 9.17) is 25.8 Å². The SMILES string of the molecule is COC[C@H](Cc1ccccc1)NC(=O)C(C(=O)Nc1ccc(C(=N)N)cc1)c1ccccc1.O=CO. The number of hydrogen-bond donors (Lipinski definition) is 5. The molecule has 0 saturated heterocycles. The van der Waals surface area contributed by atoms with E-state index in [-0.39, 0.29) is 18.3 Å². The van der Waals surface area contributed by atoms with Crippen LogP contribution >= 0.6 is 0 Å². The third-order valence-electron chi connectivity index (χ3n) is 5.16. The summed E-state index contributed by atoms with van der Waals surface area (Å²) in [5.41, 5.74) is 8.20. The van der Waals surface area contributed by atoms with Crippen molar-refractivity contribution in [2.45, 2.75) is 18.4 Å². The summed E-state index contributed by atoms with van der Waals surface area (Å²) in [6.45, 7) is 0.0657. The fourth-order valence-corrected chi connectivity index (χ4v) is 3.55. The second-order valence-electron chi connectivity index (χ2n) is 7.78. The van der Waals surface area contributed by atoms with Crippen LogP contribution in [0.2, 0.25) is 0 Å². The van der Waals surface area contributed by atoms with Gasteiger partial charge in [-0.1, -0.05) is 60.7 Å². The van der Waals surface area contributed by atoms with Crippen molar-refractivity contribution in [2.24, 2.45) is 5.73 Å². The molecule has 0 fully saturated rings. The summed E-state index contributed by atoms with van der Waals surface area (Å²) in [6.07, 6.45) is 0.579. The molecule has 0 aliphatic carbocycles. The maximum Gasteiger partial charge on any atom is 0.290 e. The normalized spacial score (nSPS) is 11.7. The molecule has 9 heteroatoms. The lowest BCUT2D eigenvalue weighted by Crippen LogP contribution is -2.44. The largest absolute Gasteiger partial charge is 0.483 e. The lowest BCUT2D eigenvalue weighted by Gasteiger charge is -2.22. The first-order chi connectivity index (χ1) is 17.4. The number of nitrogens with one attached hydrogen (secondary N) is 3. The highest BCUT2D eigenvalue weighted by Gasteiger charge is 2.30. The van der Waals surface area contributed by atoms with Gasteiger partial charge in [0.2, 0.25) is 11.8 Å². The molecule has 0 saturated carbocycles. The van der Waals surface area contributed by atoms with E-state index in [0.29, 0.717) is 29.8 Å². The number of carbonyl (C=O) groups is 3. The lowest BCUT2D eigenvalue weighted by atomic mass is 9.96. The highest BCUT2D eigenvalue weighted by molar-refractivity contribution is 6.11. The van der Waals surface area contributed by atoms with Crippen molar-refractivity contribution < 1.29 is 24.2 Å². The van der Waals surface area contributed by atoms with Crippen molar-refractivity contribution in [2.75, 3.05) is 19.0 Å². The third kappa shape index (κ3) is 8.69. The van der Waals surface area contributed by atoms with Gasteiger partial charge in [-0.05, 0) is 41.8 Å². The fraction of sp³-hybridized carbons (Fsp3) is 0.185. The Labute approximate surface area is 209 Å². The summed E-state index contributed by atoms with van der Waals surface area (Å²) >= 11 is 0. The Morgan fingerprint density at radius 1 is 0.972 bits per heavy atom. The average Bonchev–Trinajstić information content (AvgIpc) is 2.86. The summed E-state index contributed by atoms with van der Waals surface area (Å²) in [5.74, 6) is -1.96. The molecule has 36 heavy (non-hydrogen) atoms.